The molecule has 2 fully saturated rings. The van der Waals surface area contributed by atoms with Gasteiger partial charge in [0.1, 0.15) is 5.82 Å². The van der Waals surface area contributed by atoms with Crippen molar-refractivity contribution in [2.45, 2.75) is 70.4 Å². The number of hydrogen-bond acceptors (Lipinski definition) is 2. The van der Waals surface area contributed by atoms with E-state index in [-0.39, 0.29) is 17.6 Å². The summed E-state index contributed by atoms with van der Waals surface area (Å²) in [6.45, 7) is 2.14. The first-order chi connectivity index (χ1) is 12.6. The zero-order valence-electron chi connectivity index (χ0n) is 15.5. The molecule has 0 atom stereocenters. The van der Waals surface area contributed by atoms with E-state index in [0.29, 0.717) is 23.2 Å². The van der Waals surface area contributed by atoms with Crippen molar-refractivity contribution in [3.63, 3.8) is 0 Å². The van der Waals surface area contributed by atoms with Crippen molar-refractivity contribution in [2.24, 2.45) is 5.92 Å². The Kier molecular flexibility index (Phi) is 7.32. The summed E-state index contributed by atoms with van der Waals surface area (Å²) in [5.41, 5.74) is 0.562. The van der Waals surface area contributed by atoms with Crippen molar-refractivity contribution < 1.29 is 9.18 Å². The van der Waals surface area contributed by atoms with E-state index in [1.54, 1.807) is 12.1 Å². The molecule has 26 heavy (non-hydrogen) atoms. The topological polar surface area (TPSA) is 32.3 Å². The summed E-state index contributed by atoms with van der Waals surface area (Å²) < 4.78 is 14.0. The molecule has 0 unspecified atom stereocenters. The molecule has 1 saturated carbocycles. The second-order valence-electron chi connectivity index (χ2n) is 7.80. The van der Waals surface area contributed by atoms with Crippen LogP contribution in [0.3, 0.4) is 0 Å². The predicted molar refractivity (Wildman–Crippen MR) is 104 cm³/mol. The zero-order chi connectivity index (χ0) is 18.4. The first-order valence-electron chi connectivity index (χ1n) is 10.1. The fraction of sp³-hybridized carbons (Fsp3) is 0.667. The minimum Gasteiger partial charge on any atom is -0.353 e. The highest BCUT2D eigenvalue weighted by Gasteiger charge is 2.27. The predicted octanol–water partition coefficient (Wildman–Crippen LogP) is 4.92. The molecular weight excluding hydrogens is 351 g/mol. The largest absolute Gasteiger partial charge is 0.353 e. The Morgan fingerprint density at radius 3 is 2.38 bits per heavy atom. The molecule has 3 nitrogen and oxygen atoms in total. The van der Waals surface area contributed by atoms with Crippen LogP contribution in [0.1, 0.15) is 63.4 Å². The van der Waals surface area contributed by atoms with E-state index in [1.807, 2.05) is 0 Å². The number of piperidine rings is 1. The van der Waals surface area contributed by atoms with Gasteiger partial charge in [0.25, 0.3) is 0 Å². The van der Waals surface area contributed by atoms with Crippen LogP contribution in [0, 0.1) is 11.7 Å². The van der Waals surface area contributed by atoms with Gasteiger partial charge in [0.15, 0.2) is 0 Å². The number of halogens is 2. The van der Waals surface area contributed by atoms with Gasteiger partial charge < -0.3 is 5.32 Å². The van der Waals surface area contributed by atoms with Gasteiger partial charge in [-0.25, -0.2) is 4.39 Å². The van der Waals surface area contributed by atoms with Crippen LogP contribution in [0.15, 0.2) is 18.2 Å². The molecule has 1 aromatic carbocycles. The summed E-state index contributed by atoms with van der Waals surface area (Å²) in [4.78, 5) is 14.8. The summed E-state index contributed by atoms with van der Waals surface area (Å²) in [7, 11) is 0. The fourth-order valence-corrected chi connectivity index (χ4v) is 4.40. The number of nitrogens with one attached hydrogen (secondary N) is 1. The molecule has 1 amide bonds. The second kappa shape index (κ2) is 9.70. The SMILES string of the molecule is O=C(NC1CCCCCCC1)C1CCN(Cc2c(F)cccc2Cl)CC1. The number of hydrogen-bond donors (Lipinski definition) is 1. The number of carbonyl (C=O) groups is 1. The fourth-order valence-electron chi connectivity index (χ4n) is 4.18. The Labute approximate surface area is 161 Å². The van der Waals surface area contributed by atoms with E-state index >= 15 is 0 Å². The van der Waals surface area contributed by atoms with Crippen LogP contribution in [0.4, 0.5) is 4.39 Å². The van der Waals surface area contributed by atoms with Gasteiger partial charge in [0.05, 0.1) is 0 Å². The van der Waals surface area contributed by atoms with Crippen molar-refractivity contribution in [1.29, 1.82) is 0 Å². The van der Waals surface area contributed by atoms with Crippen LogP contribution in [0.5, 0.6) is 0 Å². The van der Waals surface area contributed by atoms with E-state index < -0.39 is 0 Å². The number of rotatable bonds is 4. The van der Waals surface area contributed by atoms with Crippen molar-refractivity contribution in [3.8, 4) is 0 Å². The molecule has 1 N–H and O–H groups in total. The van der Waals surface area contributed by atoms with Gasteiger partial charge in [0.2, 0.25) is 5.91 Å². The first-order valence-corrected chi connectivity index (χ1v) is 10.5. The smallest absolute Gasteiger partial charge is 0.223 e. The third-order valence-corrected chi connectivity index (χ3v) is 6.21. The van der Waals surface area contributed by atoms with Crippen LogP contribution >= 0.6 is 11.6 Å². The number of amides is 1. The Bertz CT molecular complexity index is 573. The third-order valence-electron chi connectivity index (χ3n) is 5.85. The molecular formula is C21H30ClFN2O. The van der Waals surface area contributed by atoms with E-state index in [4.69, 9.17) is 11.6 Å². The zero-order valence-corrected chi connectivity index (χ0v) is 16.2. The Hall–Kier alpha value is -1.13. The van der Waals surface area contributed by atoms with Gasteiger partial charge in [-0.2, -0.15) is 0 Å². The highest BCUT2D eigenvalue weighted by atomic mass is 35.5. The van der Waals surface area contributed by atoms with E-state index in [9.17, 15) is 9.18 Å². The van der Waals surface area contributed by atoms with Crippen LogP contribution in [0.25, 0.3) is 0 Å². The van der Waals surface area contributed by atoms with Gasteiger partial charge in [-0.1, -0.05) is 49.8 Å². The standard InChI is InChI=1S/C21H30ClFN2O/c22-19-9-6-10-20(23)18(19)15-25-13-11-16(12-14-25)21(26)24-17-7-4-2-1-3-5-8-17/h6,9-10,16-17H,1-5,7-8,11-15H2,(H,24,26). The van der Waals surface area contributed by atoms with E-state index in [0.717, 1.165) is 38.8 Å². The number of benzene rings is 1. The van der Waals surface area contributed by atoms with Crippen LogP contribution in [-0.2, 0) is 11.3 Å². The maximum Gasteiger partial charge on any atom is 0.223 e. The Morgan fingerprint density at radius 1 is 1.08 bits per heavy atom. The summed E-state index contributed by atoms with van der Waals surface area (Å²) in [5, 5.41) is 3.78. The molecule has 1 heterocycles. The summed E-state index contributed by atoms with van der Waals surface area (Å²) in [5.74, 6) is 0.0635. The van der Waals surface area contributed by atoms with Gasteiger partial charge in [0, 0.05) is 29.1 Å². The van der Waals surface area contributed by atoms with Gasteiger partial charge >= 0.3 is 0 Å². The highest BCUT2D eigenvalue weighted by Crippen LogP contribution is 2.25. The molecule has 0 aromatic heterocycles. The van der Waals surface area contributed by atoms with Crippen LogP contribution < -0.4 is 5.32 Å². The van der Waals surface area contributed by atoms with Crippen molar-refractivity contribution in [2.75, 3.05) is 13.1 Å². The molecule has 2 aliphatic rings. The van der Waals surface area contributed by atoms with Crippen molar-refractivity contribution >= 4 is 17.5 Å². The normalized spacial score (nSPS) is 21.2. The maximum atomic E-state index is 14.0. The Morgan fingerprint density at radius 2 is 1.73 bits per heavy atom. The quantitative estimate of drug-likeness (QED) is 0.804. The molecule has 3 rings (SSSR count). The molecule has 0 spiro atoms. The van der Waals surface area contributed by atoms with E-state index in [2.05, 4.69) is 10.2 Å². The van der Waals surface area contributed by atoms with Crippen LogP contribution in [0.2, 0.25) is 5.02 Å². The number of nitrogens with zero attached hydrogens (tertiary/aromatic N) is 1. The lowest BCUT2D eigenvalue weighted by Gasteiger charge is -2.32. The average molecular weight is 381 g/mol. The minimum atomic E-state index is -0.248. The molecule has 5 heteroatoms. The second-order valence-corrected chi connectivity index (χ2v) is 8.21. The van der Waals surface area contributed by atoms with Crippen molar-refractivity contribution in [1.82, 2.24) is 10.2 Å². The molecule has 1 aromatic rings. The van der Waals surface area contributed by atoms with Crippen molar-refractivity contribution in [3.05, 3.63) is 34.6 Å². The summed E-state index contributed by atoms with van der Waals surface area (Å²) in [6.07, 6.45) is 10.3. The summed E-state index contributed by atoms with van der Waals surface area (Å²) >= 11 is 6.13. The lowest BCUT2D eigenvalue weighted by molar-refractivity contribution is -0.127. The molecule has 0 radical (unpaired) electrons. The van der Waals surface area contributed by atoms with Gasteiger partial charge in [-0.05, 0) is 50.9 Å². The summed E-state index contributed by atoms with van der Waals surface area (Å²) in [6, 6.07) is 5.18. The average Bonchev–Trinajstić information content (AvgIpc) is 2.61. The lowest BCUT2D eigenvalue weighted by Crippen LogP contribution is -2.44. The minimum absolute atomic E-state index is 0.0905. The van der Waals surface area contributed by atoms with E-state index in [1.165, 1.54) is 38.2 Å². The molecule has 1 saturated heterocycles. The number of carbonyl (C=O) groups excluding carboxylic acids is 1. The van der Waals surface area contributed by atoms with Gasteiger partial charge in [-0.3, -0.25) is 9.69 Å². The van der Waals surface area contributed by atoms with Gasteiger partial charge in [-0.15, -0.1) is 0 Å². The molecule has 0 bridgehead atoms. The third kappa shape index (κ3) is 5.43. The Balaban J connectivity index is 1.46. The number of likely N-dealkylation sites (tertiary alicyclic amines) is 1. The monoisotopic (exact) mass is 380 g/mol. The molecule has 1 aliphatic carbocycles. The molecule has 144 valence electrons. The highest BCUT2D eigenvalue weighted by molar-refractivity contribution is 6.31. The maximum absolute atomic E-state index is 14.0. The molecule has 1 aliphatic heterocycles. The first kappa shape index (κ1) is 19.6. The lowest BCUT2D eigenvalue weighted by atomic mass is 9.93. The van der Waals surface area contributed by atoms with Crippen LogP contribution in [-0.4, -0.2) is 29.9 Å².